The Morgan fingerprint density at radius 1 is 1.36 bits per heavy atom. The highest BCUT2D eigenvalue weighted by Gasteiger charge is 2.19. The number of alkyl carbamates (subject to hydrolysis) is 1. The van der Waals surface area contributed by atoms with Gasteiger partial charge in [-0.15, -0.1) is 0 Å². The fraction of sp³-hybridized carbons (Fsp3) is 0.909. The van der Waals surface area contributed by atoms with E-state index in [0.29, 0.717) is 5.92 Å². The van der Waals surface area contributed by atoms with E-state index in [1.807, 2.05) is 27.7 Å². The van der Waals surface area contributed by atoms with Gasteiger partial charge in [0.05, 0.1) is 0 Å². The van der Waals surface area contributed by atoms with Crippen LogP contribution < -0.4 is 5.32 Å². The van der Waals surface area contributed by atoms with Crippen LogP contribution in [0.15, 0.2) is 0 Å². The molecule has 2 atom stereocenters. The molecule has 0 saturated heterocycles. The zero-order chi connectivity index (χ0) is 11.4. The van der Waals surface area contributed by atoms with E-state index in [1.165, 1.54) is 0 Å². The molecule has 0 aliphatic carbocycles. The second-order valence-corrected chi connectivity index (χ2v) is 4.82. The van der Waals surface area contributed by atoms with Crippen LogP contribution in [-0.4, -0.2) is 17.7 Å². The molecule has 3 heteroatoms. The highest BCUT2D eigenvalue weighted by molar-refractivity contribution is 5.68. The van der Waals surface area contributed by atoms with Gasteiger partial charge >= 0.3 is 6.09 Å². The van der Waals surface area contributed by atoms with Crippen LogP contribution in [0, 0.1) is 5.92 Å². The highest BCUT2D eigenvalue weighted by atomic mass is 16.6. The summed E-state index contributed by atoms with van der Waals surface area (Å²) in [6.07, 6.45) is 0.724. The number of hydrogen-bond acceptors (Lipinski definition) is 2. The van der Waals surface area contributed by atoms with Crippen molar-refractivity contribution in [3.63, 3.8) is 0 Å². The second-order valence-electron chi connectivity index (χ2n) is 4.82. The van der Waals surface area contributed by atoms with Gasteiger partial charge < -0.3 is 10.1 Å². The Bertz CT molecular complexity index is 184. The van der Waals surface area contributed by atoms with Gasteiger partial charge in [0.25, 0.3) is 0 Å². The van der Waals surface area contributed by atoms with E-state index >= 15 is 0 Å². The maximum absolute atomic E-state index is 11.4. The summed E-state index contributed by atoms with van der Waals surface area (Å²) in [5, 5.41) is 2.83. The predicted molar refractivity (Wildman–Crippen MR) is 58.3 cm³/mol. The fourth-order valence-corrected chi connectivity index (χ4v) is 0.989. The topological polar surface area (TPSA) is 38.3 Å². The molecule has 0 bridgehead atoms. The molecule has 0 aromatic rings. The van der Waals surface area contributed by atoms with Gasteiger partial charge in [0, 0.05) is 6.04 Å². The smallest absolute Gasteiger partial charge is 0.407 e. The van der Waals surface area contributed by atoms with Crippen molar-refractivity contribution in [3.8, 4) is 0 Å². The van der Waals surface area contributed by atoms with Gasteiger partial charge in [0.15, 0.2) is 0 Å². The normalized spacial score (nSPS) is 15.9. The minimum Gasteiger partial charge on any atom is -0.444 e. The van der Waals surface area contributed by atoms with Crippen LogP contribution in [-0.2, 0) is 4.74 Å². The number of nitrogens with one attached hydrogen (secondary N) is 1. The van der Waals surface area contributed by atoms with Crippen LogP contribution in [0.5, 0.6) is 0 Å². The van der Waals surface area contributed by atoms with E-state index in [-0.39, 0.29) is 12.1 Å². The van der Waals surface area contributed by atoms with E-state index < -0.39 is 5.60 Å². The molecule has 0 aliphatic rings. The zero-order valence-corrected chi connectivity index (χ0v) is 10.2. The molecule has 0 rings (SSSR count). The largest absolute Gasteiger partial charge is 0.444 e. The molecule has 0 unspecified atom stereocenters. The zero-order valence-electron chi connectivity index (χ0n) is 10.2. The number of ether oxygens (including phenoxy) is 1. The summed E-state index contributed by atoms with van der Waals surface area (Å²) in [5.41, 5.74) is -0.417. The molecule has 3 nitrogen and oxygen atoms in total. The van der Waals surface area contributed by atoms with Crippen LogP contribution in [0.4, 0.5) is 4.79 Å². The Morgan fingerprint density at radius 2 is 1.86 bits per heavy atom. The molecule has 0 aliphatic heterocycles. The molecule has 0 radical (unpaired) electrons. The molecule has 0 aromatic heterocycles. The molecule has 14 heavy (non-hydrogen) atoms. The van der Waals surface area contributed by atoms with Gasteiger partial charge in [0.2, 0.25) is 0 Å². The Labute approximate surface area is 87.2 Å². The Kier molecular flexibility index (Phi) is 4.95. The van der Waals surface area contributed by atoms with Crippen molar-refractivity contribution in [2.75, 3.05) is 0 Å². The number of amides is 1. The van der Waals surface area contributed by atoms with E-state index in [2.05, 4.69) is 19.2 Å². The highest BCUT2D eigenvalue weighted by Crippen LogP contribution is 2.10. The number of rotatable bonds is 3. The molecule has 1 amide bonds. The molecule has 0 heterocycles. The molecule has 0 fully saturated rings. The van der Waals surface area contributed by atoms with Crippen molar-refractivity contribution in [2.45, 2.75) is 59.6 Å². The Balaban J connectivity index is 3.95. The van der Waals surface area contributed by atoms with Gasteiger partial charge in [-0.2, -0.15) is 0 Å². The van der Waals surface area contributed by atoms with E-state index in [0.717, 1.165) is 6.42 Å². The van der Waals surface area contributed by atoms with Crippen molar-refractivity contribution in [3.05, 3.63) is 0 Å². The van der Waals surface area contributed by atoms with Gasteiger partial charge in [-0.3, -0.25) is 0 Å². The summed E-state index contributed by atoms with van der Waals surface area (Å²) in [4.78, 5) is 11.4. The van der Waals surface area contributed by atoms with Crippen LogP contribution in [0.25, 0.3) is 0 Å². The van der Waals surface area contributed by atoms with Crippen LogP contribution in [0.2, 0.25) is 0 Å². The lowest BCUT2D eigenvalue weighted by Gasteiger charge is -2.24. The number of hydrogen-bond donors (Lipinski definition) is 1. The van der Waals surface area contributed by atoms with Crippen LogP contribution in [0.3, 0.4) is 0 Å². The van der Waals surface area contributed by atoms with Crippen molar-refractivity contribution in [1.29, 1.82) is 0 Å². The monoisotopic (exact) mass is 201 g/mol. The third-order valence-corrected chi connectivity index (χ3v) is 2.24. The minimum absolute atomic E-state index is 0.162. The molecular formula is C11H23NO2. The van der Waals surface area contributed by atoms with Crippen molar-refractivity contribution >= 4 is 6.09 Å². The molecular weight excluding hydrogens is 178 g/mol. The first kappa shape index (κ1) is 13.3. The van der Waals surface area contributed by atoms with E-state index in [9.17, 15) is 4.79 Å². The first-order chi connectivity index (χ1) is 6.26. The first-order valence-electron chi connectivity index (χ1n) is 5.25. The molecule has 0 saturated carbocycles. The van der Waals surface area contributed by atoms with Crippen molar-refractivity contribution in [2.24, 2.45) is 5.92 Å². The van der Waals surface area contributed by atoms with Crippen molar-refractivity contribution in [1.82, 2.24) is 5.32 Å². The van der Waals surface area contributed by atoms with Gasteiger partial charge in [0.1, 0.15) is 5.60 Å². The summed E-state index contributed by atoms with van der Waals surface area (Å²) in [7, 11) is 0. The summed E-state index contributed by atoms with van der Waals surface area (Å²) in [6.45, 7) is 11.8. The maximum Gasteiger partial charge on any atom is 0.407 e. The molecule has 84 valence electrons. The summed E-state index contributed by atoms with van der Waals surface area (Å²) in [6, 6.07) is 0.162. The number of carbonyl (C=O) groups is 1. The van der Waals surface area contributed by atoms with E-state index in [1.54, 1.807) is 0 Å². The van der Waals surface area contributed by atoms with Gasteiger partial charge in [-0.1, -0.05) is 20.3 Å². The molecule has 0 spiro atoms. The van der Waals surface area contributed by atoms with Gasteiger partial charge in [-0.05, 0) is 33.6 Å². The standard InChI is InChI=1S/C11H23NO2/c1-7-8(2)9(3)12-10(13)14-11(4,5)6/h8-9H,7H2,1-6H3,(H,12,13)/t8-,9-/m0/s1. The van der Waals surface area contributed by atoms with E-state index in [4.69, 9.17) is 4.74 Å². The number of carbonyl (C=O) groups excluding carboxylic acids is 1. The lowest BCUT2D eigenvalue weighted by atomic mass is 10.0. The average Bonchev–Trinajstić information content (AvgIpc) is 1.99. The third kappa shape index (κ3) is 5.84. The summed E-state index contributed by atoms with van der Waals surface area (Å²) in [5.74, 6) is 0.475. The summed E-state index contributed by atoms with van der Waals surface area (Å²) >= 11 is 0. The van der Waals surface area contributed by atoms with Crippen LogP contribution >= 0.6 is 0 Å². The fourth-order valence-electron chi connectivity index (χ4n) is 0.989. The maximum atomic E-state index is 11.4. The molecule has 0 aromatic carbocycles. The van der Waals surface area contributed by atoms with Gasteiger partial charge in [-0.25, -0.2) is 4.79 Å². The lowest BCUT2D eigenvalue weighted by molar-refractivity contribution is 0.0493. The third-order valence-electron chi connectivity index (χ3n) is 2.24. The predicted octanol–water partition coefficient (Wildman–Crippen LogP) is 2.95. The summed E-state index contributed by atoms with van der Waals surface area (Å²) < 4.78 is 5.15. The Hall–Kier alpha value is -0.730. The second kappa shape index (κ2) is 5.23. The Morgan fingerprint density at radius 3 is 2.21 bits per heavy atom. The van der Waals surface area contributed by atoms with Crippen molar-refractivity contribution < 1.29 is 9.53 Å². The first-order valence-corrected chi connectivity index (χ1v) is 5.25. The van der Waals surface area contributed by atoms with Crippen LogP contribution in [0.1, 0.15) is 48.0 Å². The minimum atomic E-state index is -0.417. The molecule has 1 N–H and O–H groups in total. The quantitative estimate of drug-likeness (QED) is 0.762. The average molecular weight is 201 g/mol. The SMILES string of the molecule is CC[C@H](C)[C@H](C)NC(=O)OC(C)(C)C. The lowest BCUT2D eigenvalue weighted by Crippen LogP contribution is -2.40.